The molecule has 3 aliphatic rings. The maximum atomic E-state index is 12.9. The molecule has 2 saturated heterocycles. The van der Waals surface area contributed by atoms with Gasteiger partial charge in [0.15, 0.2) is 0 Å². The van der Waals surface area contributed by atoms with Crippen molar-refractivity contribution in [3.63, 3.8) is 0 Å². The molecule has 0 radical (unpaired) electrons. The van der Waals surface area contributed by atoms with Crippen LogP contribution in [0.3, 0.4) is 0 Å². The molecule has 3 heterocycles. The molecular formula is C23H29N5O5S. The lowest BCUT2D eigenvalue weighted by Gasteiger charge is -2.39. The van der Waals surface area contributed by atoms with Crippen LogP contribution >= 0.6 is 0 Å². The van der Waals surface area contributed by atoms with Crippen molar-refractivity contribution in [3.8, 4) is 0 Å². The van der Waals surface area contributed by atoms with E-state index in [1.165, 1.54) is 9.21 Å². The molecular weight excluding hydrogens is 458 g/mol. The largest absolute Gasteiger partial charge is 0.465 e. The van der Waals surface area contributed by atoms with Crippen LogP contribution in [0, 0.1) is 0 Å². The summed E-state index contributed by atoms with van der Waals surface area (Å²) in [6.07, 6.45) is -0.947. The quantitative estimate of drug-likeness (QED) is 0.705. The Morgan fingerprint density at radius 2 is 1.32 bits per heavy atom. The Morgan fingerprint density at radius 1 is 0.735 bits per heavy atom. The van der Waals surface area contributed by atoms with Crippen LogP contribution < -0.4 is 14.7 Å². The van der Waals surface area contributed by atoms with E-state index in [1.54, 1.807) is 4.31 Å². The van der Waals surface area contributed by atoms with E-state index in [9.17, 15) is 18.3 Å². The molecule has 0 saturated carbocycles. The smallest absolute Gasteiger partial charge is 0.411 e. The van der Waals surface area contributed by atoms with Crippen LogP contribution in [0.5, 0.6) is 0 Å². The highest BCUT2D eigenvalue weighted by molar-refractivity contribution is 7.86. The summed E-state index contributed by atoms with van der Waals surface area (Å²) in [5, 5.41) is 9.52. The molecule has 5 rings (SSSR count). The standard InChI is InChI=1S/C23H29N5O5S/c29-23(30)28-14-13-27(21-3-1-2-4-22(21)28)20-7-5-19(6-8-20)24-9-11-25(12-10-24)34(31,32)26-15-17-33-18-16-26/h1-8H,9-18H2,(H,29,30). The van der Waals surface area contributed by atoms with Crippen molar-refractivity contribution >= 4 is 39.1 Å². The van der Waals surface area contributed by atoms with Gasteiger partial charge in [-0.3, -0.25) is 4.90 Å². The lowest BCUT2D eigenvalue weighted by atomic mass is 10.1. The van der Waals surface area contributed by atoms with E-state index in [-0.39, 0.29) is 0 Å². The van der Waals surface area contributed by atoms with E-state index in [4.69, 9.17) is 4.74 Å². The number of hydrogen-bond acceptors (Lipinski definition) is 6. The number of carbonyl (C=O) groups is 1. The first-order valence-electron chi connectivity index (χ1n) is 11.5. The maximum absolute atomic E-state index is 12.9. The second-order valence-corrected chi connectivity index (χ2v) is 10.4. The van der Waals surface area contributed by atoms with Crippen LogP contribution in [-0.2, 0) is 14.9 Å². The summed E-state index contributed by atoms with van der Waals surface area (Å²) in [5.74, 6) is 0. The van der Waals surface area contributed by atoms with Gasteiger partial charge in [0.1, 0.15) is 0 Å². The zero-order valence-electron chi connectivity index (χ0n) is 18.9. The minimum Gasteiger partial charge on any atom is -0.465 e. The Balaban J connectivity index is 1.26. The third-order valence-electron chi connectivity index (χ3n) is 6.63. The van der Waals surface area contributed by atoms with E-state index in [0.29, 0.717) is 71.3 Å². The van der Waals surface area contributed by atoms with Gasteiger partial charge < -0.3 is 19.6 Å². The van der Waals surface area contributed by atoms with Gasteiger partial charge in [-0.1, -0.05) is 12.1 Å². The van der Waals surface area contributed by atoms with Crippen molar-refractivity contribution in [1.82, 2.24) is 8.61 Å². The number of ether oxygens (including phenoxy) is 1. The van der Waals surface area contributed by atoms with Crippen molar-refractivity contribution < 1.29 is 23.1 Å². The van der Waals surface area contributed by atoms with Crippen molar-refractivity contribution in [2.45, 2.75) is 0 Å². The van der Waals surface area contributed by atoms with Gasteiger partial charge in [0.05, 0.1) is 24.6 Å². The molecule has 0 bridgehead atoms. The van der Waals surface area contributed by atoms with Crippen molar-refractivity contribution in [3.05, 3.63) is 48.5 Å². The van der Waals surface area contributed by atoms with Gasteiger partial charge in [-0.05, 0) is 36.4 Å². The molecule has 0 aromatic heterocycles. The number of carboxylic acid groups (broad SMARTS) is 1. The molecule has 11 heteroatoms. The predicted octanol–water partition coefficient (Wildman–Crippen LogP) is 2.02. The van der Waals surface area contributed by atoms with Crippen LogP contribution in [0.4, 0.5) is 27.5 Å². The minimum absolute atomic E-state index is 0.397. The Labute approximate surface area is 199 Å². The molecule has 2 aromatic carbocycles. The third kappa shape index (κ3) is 4.31. The molecule has 2 fully saturated rings. The summed E-state index contributed by atoms with van der Waals surface area (Å²) >= 11 is 0. The van der Waals surface area contributed by atoms with Crippen LogP contribution in [-0.4, -0.2) is 93.8 Å². The van der Waals surface area contributed by atoms with Gasteiger partial charge in [-0.25, -0.2) is 4.79 Å². The first-order chi connectivity index (χ1) is 16.4. The number of anilines is 4. The van der Waals surface area contributed by atoms with Crippen molar-refractivity contribution in [1.29, 1.82) is 0 Å². The zero-order valence-corrected chi connectivity index (χ0v) is 19.7. The number of fused-ring (bicyclic) bond motifs is 1. The highest BCUT2D eigenvalue weighted by Crippen LogP contribution is 2.38. The fourth-order valence-electron chi connectivity index (χ4n) is 4.79. The predicted molar refractivity (Wildman–Crippen MR) is 130 cm³/mol. The molecule has 3 aliphatic heterocycles. The lowest BCUT2D eigenvalue weighted by Crippen LogP contribution is -2.55. The second-order valence-electron chi connectivity index (χ2n) is 8.50. The van der Waals surface area contributed by atoms with Crippen LogP contribution in [0.2, 0.25) is 0 Å². The van der Waals surface area contributed by atoms with E-state index in [0.717, 1.165) is 17.1 Å². The van der Waals surface area contributed by atoms with Crippen LogP contribution in [0.15, 0.2) is 48.5 Å². The molecule has 0 aliphatic carbocycles. The van der Waals surface area contributed by atoms with Gasteiger partial charge >= 0.3 is 6.09 Å². The molecule has 1 amide bonds. The Hall–Kier alpha value is -2.86. The summed E-state index contributed by atoms with van der Waals surface area (Å²) in [6, 6.07) is 15.7. The van der Waals surface area contributed by atoms with Crippen molar-refractivity contribution in [2.24, 2.45) is 0 Å². The van der Waals surface area contributed by atoms with Gasteiger partial charge in [-0.15, -0.1) is 0 Å². The third-order valence-corrected chi connectivity index (χ3v) is 8.66. The van der Waals surface area contributed by atoms with Gasteiger partial charge in [-0.2, -0.15) is 17.0 Å². The van der Waals surface area contributed by atoms with Gasteiger partial charge in [0.25, 0.3) is 10.2 Å². The fourth-order valence-corrected chi connectivity index (χ4v) is 6.35. The summed E-state index contributed by atoms with van der Waals surface area (Å²) in [5.41, 5.74) is 3.59. The van der Waals surface area contributed by atoms with E-state index >= 15 is 0 Å². The Morgan fingerprint density at radius 3 is 1.97 bits per heavy atom. The molecule has 2 aromatic rings. The highest BCUT2D eigenvalue weighted by Gasteiger charge is 2.33. The first kappa shape index (κ1) is 22.9. The molecule has 0 atom stereocenters. The van der Waals surface area contributed by atoms with E-state index in [2.05, 4.69) is 9.80 Å². The number of morpholine rings is 1. The number of amides is 1. The van der Waals surface area contributed by atoms with Crippen molar-refractivity contribution in [2.75, 3.05) is 80.3 Å². The minimum atomic E-state index is -3.44. The number of benzene rings is 2. The lowest BCUT2D eigenvalue weighted by molar-refractivity contribution is 0.0700. The Bertz CT molecular complexity index is 1130. The van der Waals surface area contributed by atoms with Crippen LogP contribution in [0.1, 0.15) is 0 Å². The van der Waals surface area contributed by atoms with Gasteiger partial charge in [0.2, 0.25) is 0 Å². The number of hydrogen-bond donors (Lipinski definition) is 1. The zero-order chi connectivity index (χ0) is 23.7. The fraction of sp³-hybridized carbons (Fsp3) is 0.435. The van der Waals surface area contributed by atoms with Gasteiger partial charge in [0, 0.05) is 63.7 Å². The average molecular weight is 488 g/mol. The summed E-state index contributed by atoms with van der Waals surface area (Å²) in [7, 11) is -3.44. The molecule has 182 valence electrons. The number of nitrogens with zero attached hydrogens (tertiary/aromatic N) is 5. The van der Waals surface area contributed by atoms with E-state index < -0.39 is 16.3 Å². The molecule has 34 heavy (non-hydrogen) atoms. The topological polar surface area (TPSA) is 96.9 Å². The second kappa shape index (κ2) is 9.41. The maximum Gasteiger partial charge on any atom is 0.411 e. The SMILES string of the molecule is O=C(O)N1CCN(c2ccc(N3CCN(S(=O)(=O)N4CCOCC4)CC3)cc2)c2ccccc21. The summed E-state index contributed by atoms with van der Waals surface area (Å²) < 4.78 is 34.2. The molecule has 0 unspecified atom stereocenters. The van der Waals surface area contributed by atoms with Crippen LogP contribution in [0.25, 0.3) is 0 Å². The monoisotopic (exact) mass is 487 g/mol. The number of para-hydroxylation sites is 2. The molecule has 0 spiro atoms. The normalized spacial score (nSPS) is 20.3. The number of piperazine rings is 1. The molecule has 10 nitrogen and oxygen atoms in total. The Kier molecular flexibility index (Phi) is 6.34. The first-order valence-corrected chi connectivity index (χ1v) is 12.9. The highest BCUT2D eigenvalue weighted by atomic mass is 32.2. The van der Waals surface area contributed by atoms with E-state index in [1.807, 2.05) is 48.5 Å². The summed E-state index contributed by atoms with van der Waals surface area (Å²) in [6.45, 7) is 4.84. The summed E-state index contributed by atoms with van der Waals surface area (Å²) in [4.78, 5) is 17.3. The number of rotatable bonds is 4. The molecule has 1 N–H and O–H groups in total. The average Bonchev–Trinajstić information content (AvgIpc) is 2.88.